The first-order chi connectivity index (χ1) is 7.47. The SMILES string of the molecule is CC(=O)c1cccc(C)c1.CCCC(C)=O. The summed E-state index contributed by atoms with van der Waals surface area (Å²) in [4.78, 5) is 20.8. The topological polar surface area (TPSA) is 34.1 Å². The van der Waals surface area contributed by atoms with Gasteiger partial charge < -0.3 is 4.79 Å². The molecule has 2 heteroatoms. The van der Waals surface area contributed by atoms with Crippen LogP contribution in [0.15, 0.2) is 24.3 Å². The molecule has 0 spiro atoms. The van der Waals surface area contributed by atoms with E-state index >= 15 is 0 Å². The Morgan fingerprint density at radius 2 is 1.81 bits per heavy atom. The Balaban J connectivity index is 0.000000325. The van der Waals surface area contributed by atoms with Crippen molar-refractivity contribution < 1.29 is 9.59 Å². The minimum absolute atomic E-state index is 0.128. The predicted molar refractivity (Wildman–Crippen MR) is 66.8 cm³/mol. The molecule has 0 aliphatic carbocycles. The lowest BCUT2D eigenvalue weighted by Crippen LogP contribution is -1.90. The normalized spacial score (nSPS) is 9.00. The van der Waals surface area contributed by atoms with Crippen LogP contribution >= 0.6 is 0 Å². The van der Waals surface area contributed by atoms with Gasteiger partial charge in [-0.3, -0.25) is 4.79 Å². The van der Waals surface area contributed by atoms with Crippen molar-refractivity contribution in [3.05, 3.63) is 35.4 Å². The second-order valence-corrected chi connectivity index (χ2v) is 3.88. The average molecular weight is 220 g/mol. The molecule has 2 nitrogen and oxygen atoms in total. The third-order valence-electron chi connectivity index (χ3n) is 2.03. The minimum Gasteiger partial charge on any atom is -0.300 e. The van der Waals surface area contributed by atoms with Gasteiger partial charge in [-0.2, -0.15) is 0 Å². The zero-order chi connectivity index (χ0) is 12.6. The first-order valence-corrected chi connectivity index (χ1v) is 5.54. The fourth-order valence-corrected chi connectivity index (χ4v) is 1.22. The quantitative estimate of drug-likeness (QED) is 0.730. The number of ketones is 2. The highest BCUT2D eigenvalue weighted by Gasteiger charge is 1.95. The first-order valence-electron chi connectivity index (χ1n) is 5.54. The summed E-state index contributed by atoms with van der Waals surface area (Å²) in [5.41, 5.74) is 1.92. The van der Waals surface area contributed by atoms with E-state index in [1.807, 2.05) is 38.1 Å². The maximum atomic E-state index is 10.8. The van der Waals surface area contributed by atoms with E-state index in [2.05, 4.69) is 0 Å². The van der Waals surface area contributed by atoms with Crippen LogP contribution in [0.1, 0.15) is 49.5 Å². The summed E-state index contributed by atoms with van der Waals surface area (Å²) in [6, 6.07) is 7.59. The standard InChI is InChI=1S/C9H10O.C5H10O/c1-7-4-3-5-9(6-7)8(2)10;1-3-4-5(2)6/h3-6H,1-2H3;3-4H2,1-2H3. The van der Waals surface area contributed by atoms with Gasteiger partial charge >= 0.3 is 0 Å². The van der Waals surface area contributed by atoms with Crippen molar-refractivity contribution in [3.8, 4) is 0 Å². The van der Waals surface area contributed by atoms with Gasteiger partial charge in [-0.05, 0) is 33.3 Å². The zero-order valence-electron chi connectivity index (χ0n) is 10.5. The maximum absolute atomic E-state index is 10.8. The lowest BCUT2D eigenvalue weighted by molar-refractivity contribution is -0.117. The van der Waals surface area contributed by atoms with Crippen molar-refractivity contribution in [1.82, 2.24) is 0 Å². The van der Waals surface area contributed by atoms with Gasteiger partial charge in [0.1, 0.15) is 5.78 Å². The summed E-state index contributed by atoms with van der Waals surface area (Å²) >= 11 is 0. The van der Waals surface area contributed by atoms with Crippen LogP contribution in [0.4, 0.5) is 0 Å². The van der Waals surface area contributed by atoms with Crippen molar-refractivity contribution in [2.75, 3.05) is 0 Å². The molecule has 0 saturated carbocycles. The number of benzene rings is 1. The van der Waals surface area contributed by atoms with E-state index in [1.54, 1.807) is 13.8 Å². The Morgan fingerprint density at radius 1 is 1.19 bits per heavy atom. The lowest BCUT2D eigenvalue weighted by atomic mass is 10.1. The number of carbonyl (C=O) groups excluding carboxylic acids is 2. The molecule has 0 N–H and O–H groups in total. The Labute approximate surface area is 97.7 Å². The molecule has 1 aromatic carbocycles. The Hall–Kier alpha value is -1.44. The number of aryl methyl sites for hydroxylation is 1. The second kappa shape index (κ2) is 7.80. The van der Waals surface area contributed by atoms with Crippen molar-refractivity contribution >= 4 is 11.6 Å². The number of carbonyl (C=O) groups is 2. The predicted octanol–water partition coefficient (Wildman–Crippen LogP) is 3.57. The van der Waals surface area contributed by atoms with Crippen LogP contribution in [0, 0.1) is 6.92 Å². The molecule has 0 amide bonds. The largest absolute Gasteiger partial charge is 0.300 e. The van der Waals surface area contributed by atoms with Crippen molar-refractivity contribution in [2.45, 2.75) is 40.5 Å². The summed E-state index contributed by atoms with van der Waals surface area (Å²) in [7, 11) is 0. The number of hydrogen-bond donors (Lipinski definition) is 0. The Bertz CT molecular complexity index is 354. The lowest BCUT2D eigenvalue weighted by Gasteiger charge is -1.94. The molecular weight excluding hydrogens is 200 g/mol. The maximum Gasteiger partial charge on any atom is 0.159 e. The highest BCUT2D eigenvalue weighted by atomic mass is 16.1. The van der Waals surface area contributed by atoms with Gasteiger partial charge in [-0.25, -0.2) is 0 Å². The van der Waals surface area contributed by atoms with Crippen LogP contribution in [0.25, 0.3) is 0 Å². The van der Waals surface area contributed by atoms with E-state index in [0.717, 1.165) is 24.0 Å². The van der Waals surface area contributed by atoms with Crippen molar-refractivity contribution in [1.29, 1.82) is 0 Å². The van der Waals surface area contributed by atoms with Crippen LogP contribution in [0.2, 0.25) is 0 Å². The van der Waals surface area contributed by atoms with Gasteiger partial charge in [0.05, 0.1) is 0 Å². The number of rotatable bonds is 3. The van der Waals surface area contributed by atoms with E-state index in [-0.39, 0.29) is 11.6 Å². The molecule has 0 radical (unpaired) electrons. The van der Waals surface area contributed by atoms with Gasteiger partial charge in [0.25, 0.3) is 0 Å². The molecule has 0 heterocycles. The fourth-order valence-electron chi connectivity index (χ4n) is 1.22. The summed E-state index contributed by atoms with van der Waals surface area (Å²) in [6.45, 7) is 7.17. The highest BCUT2D eigenvalue weighted by molar-refractivity contribution is 5.94. The summed E-state index contributed by atoms with van der Waals surface area (Å²) in [5, 5.41) is 0. The molecule has 0 aromatic heterocycles. The molecule has 16 heavy (non-hydrogen) atoms. The monoisotopic (exact) mass is 220 g/mol. The molecular formula is C14H20O2. The van der Waals surface area contributed by atoms with E-state index in [4.69, 9.17) is 0 Å². The third-order valence-corrected chi connectivity index (χ3v) is 2.03. The third kappa shape index (κ3) is 6.93. The van der Waals surface area contributed by atoms with E-state index in [0.29, 0.717) is 0 Å². The van der Waals surface area contributed by atoms with E-state index in [1.165, 1.54) is 0 Å². The van der Waals surface area contributed by atoms with E-state index in [9.17, 15) is 9.59 Å². The van der Waals surface area contributed by atoms with Gasteiger partial charge in [0.15, 0.2) is 5.78 Å². The smallest absolute Gasteiger partial charge is 0.159 e. The van der Waals surface area contributed by atoms with Crippen LogP contribution in [-0.2, 0) is 4.79 Å². The summed E-state index contributed by atoms with van der Waals surface area (Å²) < 4.78 is 0. The molecule has 1 rings (SSSR count). The van der Waals surface area contributed by atoms with Gasteiger partial charge in [-0.15, -0.1) is 0 Å². The van der Waals surface area contributed by atoms with Crippen LogP contribution in [0.5, 0.6) is 0 Å². The van der Waals surface area contributed by atoms with Crippen LogP contribution in [-0.4, -0.2) is 11.6 Å². The zero-order valence-corrected chi connectivity index (χ0v) is 10.5. The molecule has 0 fully saturated rings. The first kappa shape index (κ1) is 14.6. The molecule has 1 aromatic rings. The van der Waals surface area contributed by atoms with Crippen LogP contribution < -0.4 is 0 Å². The summed E-state index contributed by atoms with van der Waals surface area (Å²) in [6.07, 6.45) is 1.72. The molecule has 0 bridgehead atoms. The van der Waals surface area contributed by atoms with E-state index < -0.39 is 0 Å². The van der Waals surface area contributed by atoms with Gasteiger partial charge in [-0.1, -0.05) is 30.7 Å². The summed E-state index contributed by atoms with van der Waals surface area (Å²) in [5.74, 6) is 0.418. The molecule has 0 aliphatic rings. The van der Waals surface area contributed by atoms with Crippen molar-refractivity contribution in [3.63, 3.8) is 0 Å². The molecule has 0 saturated heterocycles. The molecule has 0 aliphatic heterocycles. The van der Waals surface area contributed by atoms with Crippen molar-refractivity contribution in [2.24, 2.45) is 0 Å². The Morgan fingerprint density at radius 3 is 2.06 bits per heavy atom. The van der Waals surface area contributed by atoms with Gasteiger partial charge in [0, 0.05) is 12.0 Å². The number of hydrogen-bond acceptors (Lipinski definition) is 2. The molecule has 0 atom stereocenters. The van der Waals surface area contributed by atoms with Gasteiger partial charge in [0.2, 0.25) is 0 Å². The fraction of sp³-hybridized carbons (Fsp3) is 0.429. The minimum atomic E-state index is 0.128. The molecule has 88 valence electrons. The highest BCUT2D eigenvalue weighted by Crippen LogP contribution is 2.03. The average Bonchev–Trinajstić information content (AvgIpc) is 2.18. The molecule has 0 unspecified atom stereocenters. The van der Waals surface area contributed by atoms with Crippen LogP contribution in [0.3, 0.4) is 0 Å². The number of Topliss-reactive ketones (excluding diaryl/α,β-unsaturated/α-hetero) is 2. The second-order valence-electron chi connectivity index (χ2n) is 3.88. The Kier molecular flexibility index (Phi) is 7.10.